The summed E-state index contributed by atoms with van der Waals surface area (Å²) >= 11 is 0. The molecule has 2 rings (SSSR count). The highest BCUT2D eigenvalue weighted by Gasteiger charge is 2.01. The van der Waals surface area contributed by atoms with Crippen molar-refractivity contribution >= 4 is 0 Å². The van der Waals surface area contributed by atoms with Gasteiger partial charge in [0.1, 0.15) is 11.5 Å². The van der Waals surface area contributed by atoms with Crippen molar-refractivity contribution in [2.45, 2.75) is 26.4 Å². The molecule has 1 aromatic heterocycles. The highest BCUT2D eigenvalue weighted by Crippen LogP contribution is 2.11. The molecule has 0 radical (unpaired) electrons. The number of rotatable bonds is 6. The zero-order chi connectivity index (χ0) is 12.8. The lowest BCUT2D eigenvalue weighted by Crippen LogP contribution is -2.12. The number of methoxy groups -OCH3 is 1. The van der Waals surface area contributed by atoms with Gasteiger partial charge in [0, 0.05) is 13.0 Å². The minimum atomic E-state index is 0.645. The molecule has 0 bridgehead atoms. The van der Waals surface area contributed by atoms with Crippen molar-refractivity contribution in [1.82, 2.24) is 10.3 Å². The summed E-state index contributed by atoms with van der Waals surface area (Å²) in [6.07, 6.45) is 2.66. The Morgan fingerprint density at radius 2 is 2.00 bits per heavy atom. The number of aromatic nitrogens is 1. The van der Waals surface area contributed by atoms with E-state index in [1.165, 1.54) is 5.56 Å². The minimum Gasteiger partial charge on any atom is -0.497 e. The molecule has 0 saturated heterocycles. The number of hydrogen-bond acceptors (Lipinski definition) is 4. The molecule has 0 aliphatic heterocycles. The van der Waals surface area contributed by atoms with Gasteiger partial charge in [-0.25, -0.2) is 4.98 Å². The molecule has 0 spiro atoms. The van der Waals surface area contributed by atoms with Gasteiger partial charge in [0.05, 0.1) is 19.9 Å². The first kappa shape index (κ1) is 12.6. The summed E-state index contributed by atoms with van der Waals surface area (Å²) < 4.78 is 10.6. The molecule has 0 saturated carbocycles. The fourth-order valence-corrected chi connectivity index (χ4v) is 1.65. The Labute approximate surface area is 107 Å². The van der Waals surface area contributed by atoms with Crippen LogP contribution in [-0.4, -0.2) is 12.1 Å². The average molecular weight is 246 g/mol. The number of aryl methyl sites for hydroxylation is 1. The molecule has 1 heterocycles. The largest absolute Gasteiger partial charge is 0.497 e. The first-order chi connectivity index (χ1) is 8.81. The van der Waals surface area contributed by atoms with Crippen LogP contribution < -0.4 is 10.1 Å². The number of nitrogens with zero attached hydrogens (tertiary/aromatic N) is 1. The average Bonchev–Trinajstić information content (AvgIpc) is 2.87. The Kier molecular flexibility index (Phi) is 4.36. The highest BCUT2D eigenvalue weighted by molar-refractivity contribution is 5.26. The minimum absolute atomic E-state index is 0.645. The van der Waals surface area contributed by atoms with Crippen LogP contribution in [0, 0.1) is 0 Å². The number of oxazole rings is 1. The predicted molar refractivity (Wildman–Crippen MR) is 69.4 cm³/mol. The molecule has 0 atom stereocenters. The van der Waals surface area contributed by atoms with Gasteiger partial charge < -0.3 is 14.5 Å². The second-order valence-electron chi connectivity index (χ2n) is 4.03. The van der Waals surface area contributed by atoms with E-state index in [4.69, 9.17) is 9.15 Å². The molecule has 18 heavy (non-hydrogen) atoms. The first-order valence-corrected chi connectivity index (χ1v) is 6.09. The molecular formula is C14H18N2O2. The second kappa shape index (κ2) is 6.21. The number of hydrogen-bond donors (Lipinski definition) is 1. The lowest BCUT2D eigenvalue weighted by molar-refractivity contribution is 0.414. The van der Waals surface area contributed by atoms with Crippen LogP contribution in [0.3, 0.4) is 0 Å². The van der Waals surface area contributed by atoms with E-state index in [1.54, 1.807) is 13.3 Å². The van der Waals surface area contributed by atoms with Gasteiger partial charge in [-0.1, -0.05) is 19.1 Å². The van der Waals surface area contributed by atoms with Gasteiger partial charge in [0.15, 0.2) is 0 Å². The van der Waals surface area contributed by atoms with Gasteiger partial charge in [0.25, 0.3) is 0 Å². The maximum absolute atomic E-state index is 5.51. The molecule has 96 valence electrons. The van der Waals surface area contributed by atoms with Crippen LogP contribution in [0.5, 0.6) is 5.75 Å². The van der Waals surface area contributed by atoms with Gasteiger partial charge in [0.2, 0.25) is 5.89 Å². The van der Waals surface area contributed by atoms with Gasteiger partial charge in [-0.05, 0) is 17.7 Å². The van der Waals surface area contributed by atoms with Gasteiger partial charge in [-0.2, -0.15) is 0 Å². The van der Waals surface area contributed by atoms with Crippen molar-refractivity contribution in [3.8, 4) is 5.75 Å². The monoisotopic (exact) mass is 246 g/mol. The van der Waals surface area contributed by atoms with Crippen LogP contribution in [0.15, 0.2) is 34.9 Å². The van der Waals surface area contributed by atoms with Crippen molar-refractivity contribution in [3.05, 3.63) is 47.7 Å². The number of nitrogens with one attached hydrogen (secondary N) is 1. The van der Waals surface area contributed by atoms with Crippen molar-refractivity contribution in [3.63, 3.8) is 0 Å². The fraction of sp³-hybridized carbons (Fsp3) is 0.357. The zero-order valence-electron chi connectivity index (χ0n) is 10.8. The summed E-state index contributed by atoms with van der Waals surface area (Å²) in [6, 6.07) is 7.99. The maximum Gasteiger partial charge on any atom is 0.208 e. The van der Waals surface area contributed by atoms with Crippen LogP contribution in [0.1, 0.15) is 24.1 Å². The molecule has 1 N–H and O–H groups in total. The van der Waals surface area contributed by atoms with E-state index in [9.17, 15) is 0 Å². The molecule has 4 nitrogen and oxygen atoms in total. The van der Waals surface area contributed by atoms with E-state index in [1.807, 2.05) is 24.3 Å². The van der Waals surface area contributed by atoms with Gasteiger partial charge in [-0.15, -0.1) is 0 Å². The van der Waals surface area contributed by atoms with E-state index < -0.39 is 0 Å². The van der Waals surface area contributed by atoms with E-state index in [-0.39, 0.29) is 0 Å². The summed E-state index contributed by atoms with van der Waals surface area (Å²) in [5.41, 5.74) is 1.21. The molecule has 0 aliphatic carbocycles. The Morgan fingerprint density at radius 1 is 1.22 bits per heavy atom. The van der Waals surface area contributed by atoms with Crippen LogP contribution in [0.2, 0.25) is 0 Å². The quantitative estimate of drug-likeness (QED) is 0.851. The van der Waals surface area contributed by atoms with Crippen molar-refractivity contribution in [2.75, 3.05) is 7.11 Å². The lowest BCUT2D eigenvalue weighted by Gasteiger charge is -2.04. The maximum atomic E-state index is 5.51. The van der Waals surface area contributed by atoms with Crippen LogP contribution in [0.25, 0.3) is 0 Å². The molecular weight excluding hydrogens is 228 g/mol. The normalized spacial score (nSPS) is 10.6. The molecule has 4 heteroatoms. The van der Waals surface area contributed by atoms with E-state index in [2.05, 4.69) is 17.2 Å². The SMILES string of the molecule is CCc1cnc(CNCc2ccc(OC)cc2)o1. The summed E-state index contributed by atoms with van der Waals surface area (Å²) in [6.45, 7) is 3.48. The summed E-state index contributed by atoms with van der Waals surface area (Å²) in [4.78, 5) is 4.20. The van der Waals surface area contributed by atoms with Crippen molar-refractivity contribution in [1.29, 1.82) is 0 Å². The standard InChI is InChI=1S/C14H18N2O2/c1-3-12-9-16-14(18-12)10-15-8-11-4-6-13(17-2)7-5-11/h4-7,9,15H,3,8,10H2,1-2H3. The van der Waals surface area contributed by atoms with Crippen molar-refractivity contribution in [2.24, 2.45) is 0 Å². The predicted octanol–water partition coefficient (Wildman–Crippen LogP) is 2.54. The third-order valence-electron chi connectivity index (χ3n) is 2.71. The smallest absolute Gasteiger partial charge is 0.208 e. The number of benzene rings is 1. The Hall–Kier alpha value is -1.81. The summed E-state index contributed by atoms with van der Waals surface area (Å²) in [5, 5.41) is 3.30. The molecule has 1 aromatic carbocycles. The Morgan fingerprint density at radius 3 is 2.61 bits per heavy atom. The lowest BCUT2D eigenvalue weighted by atomic mass is 10.2. The summed E-state index contributed by atoms with van der Waals surface area (Å²) in [5.74, 6) is 2.54. The van der Waals surface area contributed by atoms with Gasteiger partial charge in [-0.3, -0.25) is 0 Å². The third kappa shape index (κ3) is 3.34. The van der Waals surface area contributed by atoms with E-state index >= 15 is 0 Å². The zero-order valence-corrected chi connectivity index (χ0v) is 10.8. The van der Waals surface area contributed by atoms with E-state index in [0.29, 0.717) is 6.54 Å². The topological polar surface area (TPSA) is 47.3 Å². The Balaban J connectivity index is 1.80. The van der Waals surface area contributed by atoms with E-state index in [0.717, 1.165) is 30.4 Å². The Bertz CT molecular complexity index is 477. The second-order valence-corrected chi connectivity index (χ2v) is 4.03. The van der Waals surface area contributed by atoms with Gasteiger partial charge >= 0.3 is 0 Å². The van der Waals surface area contributed by atoms with Crippen LogP contribution in [0.4, 0.5) is 0 Å². The molecule has 0 unspecified atom stereocenters. The van der Waals surface area contributed by atoms with Crippen LogP contribution in [-0.2, 0) is 19.5 Å². The molecule has 0 amide bonds. The van der Waals surface area contributed by atoms with Crippen LogP contribution >= 0.6 is 0 Å². The highest BCUT2D eigenvalue weighted by atomic mass is 16.5. The van der Waals surface area contributed by atoms with Crippen molar-refractivity contribution < 1.29 is 9.15 Å². The number of ether oxygens (including phenoxy) is 1. The summed E-state index contributed by atoms with van der Waals surface area (Å²) in [7, 11) is 1.67. The molecule has 2 aromatic rings. The third-order valence-corrected chi connectivity index (χ3v) is 2.71. The molecule has 0 aliphatic rings. The first-order valence-electron chi connectivity index (χ1n) is 6.09. The fourth-order valence-electron chi connectivity index (χ4n) is 1.65. The molecule has 0 fully saturated rings.